The summed E-state index contributed by atoms with van der Waals surface area (Å²) < 4.78 is 18.4. The van der Waals surface area contributed by atoms with E-state index in [-0.39, 0.29) is 23.7 Å². The molecule has 0 aliphatic heterocycles. The predicted octanol–water partition coefficient (Wildman–Crippen LogP) is 3.64. The molecule has 1 amide bonds. The zero-order chi connectivity index (χ0) is 16.8. The molecule has 2 aromatic rings. The average molecular weight is 331 g/mol. The molecule has 1 fully saturated rings. The van der Waals surface area contributed by atoms with Gasteiger partial charge in [-0.1, -0.05) is 44.2 Å². The molecule has 1 saturated carbocycles. The van der Waals surface area contributed by atoms with E-state index >= 15 is 0 Å². The largest absolute Gasteiger partial charge is 0.417 e. The van der Waals surface area contributed by atoms with Crippen LogP contribution in [0.4, 0.5) is 4.39 Å². The number of nitrogens with one attached hydrogen (secondary N) is 1. The molecule has 0 saturated heterocycles. The van der Waals surface area contributed by atoms with Crippen LogP contribution >= 0.6 is 0 Å². The molecule has 1 aromatic heterocycles. The molecule has 0 spiro atoms. The number of rotatable bonds is 4. The van der Waals surface area contributed by atoms with Gasteiger partial charge in [0.1, 0.15) is 5.82 Å². The van der Waals surface area contributed by atoms with Crippen molar-refractivity contribution >= 4 is 5.91 Å². The highest BCUT2D eigenvalue weighted by molar-refractivity contribution is 5.89. The third-order valence-corrected chi connectivity index (χ3v) is 4.37. The smallest absolute Gasteiger partial charge is 0.309 e. The Labute approximate surface area is 140 Å². The maximum Gasteiger partial charge on any atom is 0.309 e. The van der Waals surface area contributed by atoms with Crippen molar-refractivity contribution in [3.05, 3.63) is 47.4 Å². The lowest BCUT2D eigenvalue weighted by molar-refractivity contribution is 0.0893. The Morgan fingerprint density at radius 1 is 1.08 bits per heavy atom. The molecule has 1 N–H and O–H groups in total. The molecule has 0 bridgehead atoms. The Morgan fingerprint density at radius 3 is 2.46 bits per heavy atom. The summed E-state index contributed by atoms with van der Waals surface area (Å²) in [4.78, 5) is 12.3. The summed E-state index contributed by atoms with van der Waals surface area (Å²) in [5.74, 6) is -0.249. The fourth-order valence-electron chi connectivity index (χ4n) is 3.04. The van der Waals surface area contributed by atoms with Crippen molar-refractivity contribution in [2.45, 2.75) is 57.4 Å². The zero-order valence-electron chi connectivity index (χ0n) is 13.6. The first-order chi connectivity index (χ1) is 11.7. The number of hydrogen-bond donors (Lipinski definition) is 1. The number of nitrogens with zero attached hydrogens (tertiary/aromatic N) is 2. The number of carbonyl (C=O) groups is 1. The molecule has 1 aromatic carbocycles. The van der Waals surface area contributed by atoms with E-state index < -0.39 is 0 Å². The molecule has 3 rings (SSSR count). The van der Waals surface area contributed by atoms with Crippen LogP contribution in [0.15, 0.2) is 28.7 Å². The van der Waals surface area contributed by atoms with Gasteiger partial charge >= 0.3 is 11.8 Å². The molecule has 0 unspecified atom stereocenters. The van der Waals surface area contributed by atoms with Gasteiger partial charge in [-0.2, -0.15) is 0 Å². The molecule has 0 atom stereocenters. The molecule has 0 radical (unpaired) electrons. The summed E-state index contributed by atoms with van der Waals surface area (Å²) in [6.07, 6.45) is 8.42. The molecule has 1 heterocycles. The topological polar surface area (TPSA) is 68.0 Å². The minimum atomic E-state index is -0.307. The SMILES string of the molecule is O=C(NC1CCCCCCC1)c1nnc(Cc2ccc(F)cc2)o1. The van der Waals surface area contributed by atoms with Crippen LogP contribution in [0.25, 0.3) is 0 Å². The number of halogens is 1. The molecule has 5 nitrogen and oxygen atoms in total. The van der Waals surface area contributed by atoms with Crippen molar-refractivity contribution < 1.29 is 13.6 Å². The van der Waals surface area contributed by atoms with Crippen molar-refractivity contribution in [3.8, 4) is 0 Å². The van der Waals surface area contributed by atoms with Crippen LogP contribution in [-0.2, 0) is 6.42 Å². The van der Waals surface area contributed by atoms with Gasteiger partial charge in [0.25, 0.3) is 0 Å². The van der Waals surface area contributed by atoms with Crippen molar-refractivity contribution in [3.63, 3.8) is 0 Å². The fourth-order valence-corrected chi connectivity index (χ4v) is 3.04. The highest BCUT2D eigenvalue weighted by Crippen LogP contribution is 2.17. The number of carbonyl (C=O) groups excluding carboxylic acids is 1. The van der Waals surface area contributed by atoms with Crippen LogP contribution in [-0.4, -0.2) is 22.1 Å². The zero-order valence-corrected chi connectivity index (χ0v) is 13.6. The third kappa shape index (κ3) is 4.63. The molecular weight excluding hydrogens is 309 g/mol. The second kappa shape index (κ2) is 8.04. The van der Waals surface area contributed by atoms with E-state index in [0.29, 0.717) is 12.3 Å². The van der Waals surface area contributed by atoms with Gasteiger partial charge in [0.2, 0.25) is 5.89 Å². The standard InChI is InChI=1S/C18H22FN3O2/c19-14-10-8-13(9-11-14)12-16-21-22-18(24-16)17(23)20-15-6-4-2-1-3-5-7-15/h8-11,15H,1-7,12H2,(H,20,23). The van der Waals surface area contributed by atoms with E-state index in [1.807, 2.05) is 0 Å². The van der Waals surface area contributed by atoms with Gasteiger partial charge in [-0.15, -0.1) is 10.2 Å². The van der Waals surface area contributed by atoms with Gasteiger partial charge in [0, 0.05) is 6.04 Å². The summed E-state index contributed by atoms with van der Waals surface area (Å²) >= 11 is 0. The maximum absolute atomic E-state index is 12.9. The Balaban J connectivity index is 1.57. The molecule has 6 heteroatoms. The number of hydrogen-bond acceptors (Lipinski definition) is 4. The van der Waals surface area contributed by atoms with Gasteiger partial charge in [0.05, 0.1) is 6.42 Å². The first kappa shape index (κ1) is 16.6. The summed E-state index contributed by atoms with van der Waals surface area (Å²) in [6, 6.07) is 6.27. The lowest BCUT2D eigenvalue weighted by Crippen LogP contribution is -2.35. The summed E-state index contributed by atoms with van der Waals surface area (Å²) in [5.41, 5.74) is 0.854. The lowest BCUT2D eigenvalue weighted by Gasteiger charge is -2.19. The fraction of sp³-hybridized carbons (Fsp3) is 0.500. The van der Waals surface area contributed by atoms with E-state index in [1.165, 1.54) is 31.4 Å². The van der Waals surface area contributed by atoms with E-state index in [2.05, 4.69) is 15.5 Å². The second-order valence-corrected chi connectivity index (χ2v) is 6.32. The highest BCUT2D eigenvalue weighted by Gasteiger charge is 2.19. The Hall–Kier alpha value is -2.24. The van der Waals surface area contributed by atoms with Crippen LogP contribution in [0.2, 0.25) is 0 Å². The Kier molecular flexibility index (Phi) is 5.56. The van der Waals surface area contributed by atoms with Crippen LogP contribution < -0.4 is 5.32 Å². The minimum absolute atomic E-state index is 0.00540. The van der Waals surface area contributed by atoms with Crippen molar-refractivity contribution in [1.29, 1.82) is 0 Å². The second-order valence-electron chi connectivity index (χ2n) is 6.32. The van der Waals surface area contributed by atoms with Gasteiger partial charge in [-0.25, -0.2) is 4.39 Å². The first-order valence-corrected chi connectivity index (χ1v) is 8.58. The average Bonchev–Trinajstić information content (AvgIpc) is 3.01. The highest BCUT2D eigenvalue weighted by atomic mass is 19.1. The van der Waals surface area contributed by atoms with E-state index in [4.69, 9.17) is 4.42 Å². The van der Waals surface area contributed by atoms with E-state index in [9.17, 15) is 9.18 Å². The maximum atomic E-state index is 12.9. The van der Waals surface area contributed by atoms with Gasteiger partial charge in [-0.3, -0.25) is 4.79 Å². The first-order valence-electron chi connectivity index (χ1n) is 8.58. The van der Waals surface area contributed by atoms with Gasteiger partial charge in [-0.05, 0) is 30.5 Å². The van der Waals surface area contributed by atoms with Crippen LogP contribution in [0.3, 0.4) is 0 Å². The van der Waals surface area contributed by atoms with Gasteiger partial charge in [0.15, 0.2) is 0 Å². The Morgan fingerprint density at radius 2 is 1.75 bits per heavy atom. The minimum Gasteiger partial charge on any atom is -0.417 e. The van der Waals surface area contributed by atoms with Crippen molar-refractivity contribution in [2.75, 3.05) is 0 Å². The quantitative estimate of drug-likeness (QED) is 0.929. The summed E-state index contributed by atoms with van der Waals surface area (Å²) in [6.45, 7) is 0. The summed E-state index contributed by atoms with van der Waals surface area (Å²) in [7, 11) is 0. The third-order valence-electron chi connectivity index (χ3n) is 4.37. The Bertz CT molecular complexity index is 661. The molecule has 1 aliphatic rings. The van der Waals surface area contributed by atoms with Crippen molar-refractivity contribution in [1.82, 2.24) is 15.5 Å². The number of amides is 1. The lowest BCUT2D eigenvalue weighted by atomic mass is 9.97. The van der Waals surface area contributed by atoms with E-state index in [1.54, 1.807) is 12.1 Å². The molecule has 128 valence electrons. The number of benzene rings is 1. The summed E-state index contributed by atoms with van der Waals surface area (Å²) in [5, 5.41) is 10.7. The molecular formula is C18H22FN3O2. The monoisotopic (exact) mass is 331 g/mol. The predicted molar refractivity (Wildman–Crippen MR) is 87.1 cm³/mol. The van der Waals surface area contributed by atoms with Crippen molar-refractivity contribution in [2.24, 2.45) is 0 Å². The van der Waals surface area contributed by atoms with E-state index in [0.717, 1.165) is 31.2 Å². The van der Waals surface area contributed by atoms with Crippen LogP contribution in [0.1, 0.15) is 67.1 Å². The van der Waals surface area contributed by atoms with Gasteiger partial charge < -0.3 is 9.73 Å². The van der Waals surface area contributed by atoms with Crippen LogP contribution in [0.5, 0.6) is 0 Å². The van der Waals surface area contributed by atoms with Crippen LogP contribution in [0, 0.1) is 5.82 Å². The molecule has 1 aliphatic carbocycles. The number of aromatic nitrogens is 2. The normalized spacial score (nSPS) is 16.4. The molecule has 24 heavy (non-hydrogen) atoms.